The first-order valence-electron chi connectivity index (χ1n) is 6.36. The Morgan fingerprint density at radius 1 is 1.47 bits per heavy atom. The third kappa shape index (κ3) is 2.89. The van der Waals surface area contributed by atoms with Crippen LogP contribution in [0, 0.1) is 5.92 Å². The highest BCUT2D eigenvalue weighted by molar-refractivity contribution is 9.10. The minimum atomic E-state index is -3.53. The second-order valence-corrected chi connectivity index (χ2v) is 7.74. The molecule has 1 aliphatic heterocycles. The lowest BCUT2D eigenvalue weighted by Gasteiger charge is -2.35. The second-order valence-electron chi connectivity index (χ2n) is 5.16. The van der Waals surface area contributed by atoms with E-state index in [9.17, 15) is 8.42 Å². The van der Waals surface area contributed by atoms with Crippen LogP contribution in [0.1, 0.15) is 32.4 Å². The van der Waals surface area contributed by atoms with Gasteiger partial charge >= 0.3 is 0 Å². The quantitative estimate of drug-likeness (QED) is 0.907. The number of halogens is 1. The maximum atomic E-state index is 12.7. The van der Waals surface area contributed by atoms with Gasteiger partial charge < -0.3 is 10.2 Å². The van der Waals surface area contributed by atoms with Gasteiger partial charge in [-0.2, -0.15) is 4.31 Å². The smallest absolute Gasteiger partial charge is 0.247 e. The summed E-state index contributed by atoms with van der Waals surface area (Å²) in [4.78, 5) is 0.175. The van der Waals surface area contributed by atoms with Gasteiger partial charge in [0, 0.05) is 18.7 Å². The van der Waals surface area contributed by atoms with Crippen molar-refractivity contribution < 1.29 is 12.8 Å². The molecular formula is C12H19BrN2O3S. The molecule has 1 aromatic heterocycles. The summed E-state index contributed by atoms with van der Waals surface area (Å²) in [6.07, 6.45) is 1.95. The van der Waals surface area contributed by atoms with Crippen molar-refractivity contribution in [3.8, 4) is 0 Å². The molecule has 0 radical (unpaired) electrons. The Morgan fingerprint density at radius 3 is 2.74 bits per heavy atom. The van der Waals surface area contributed by atoms with Gasteiger partial charge in [-0.05, 0) is 41.6 Å². The van der Waals surface area contributed by atoms with E-state index >= 15 is 0 Å². The molecule has 5 nitrogen and oxygen atoms in total. The highest BCUT2D eigenvalue weighted by Crippen LogP contribution is 2.33. The Labute approximate surface area is 122 Å². The number of sulfonamides is 1. The van der Waals surface area contributed by atoms with Gasteiger partial charge in [0.25, 0.3) is 0 Å². The lowest BCUT2D eigenvalue weighted by molar-refractivity contribution is 0.217. The van der Waals surface area contributed by atoms with Gasteiger partial charge in [0.15, 0.2) is 4.67 Å². The SMILES string of the molecule is CC1CCC(C)N(S(=O)(=O)c2cc(CN)oc2Br)C1. The van der Waals surface area contributed by atoms with E-state index in [2.05, 4.69) is 22.9 Å². The summed E-state index contributed by atoms with van der Waals surface area (Å²) in [6, 6.07) is 1.52. The van der Waals surface area contributed by atoms with E-state index in [4.69, 9.17) is 10.2 Å². The van der Waals surface area contributed by atoms with E-state index in [0.29, 0.717) is 18.2 Å². The van der Waals surface area contributed by atoms with Crippen molar-refractivity contribution in [3.05, 3.63) is 16.5 Å². The number of piperidine rings is 1. The summed E-state index contributed by atoms with van der Waals surface area (Å²) in [7, 11) is -3.53. The van der Waals surface area contributed by atoms with E-state index in [1.54, 1.807) is 4.31 Å². The summed E-state index contributed by atoms with van der Waals surface area (Å²) < 4.78 is 32.5. The molecule has 2 heterocycles. The van der Waals surface area contributed by atoms with E-state index in [1.165, 1.54) is 6.07 Å². The molecule has 1 aromatic rings. The Morgan fingerprint density at radius 2 is 2.16 bits per heavy atom. The molecule has 0 aliphatic carbocycles. The van der Waals surface area contributed by atoms with Crippen LogP contribution < -0.4 is 5.73 Å². The monoisotopic (exact) mass is 350 g/mol. The number of rotatable bonds is 3. The first kappa shape index (κ1) is 15.0. The summed E-state index contributed by atoms with van der Waals surface area (Å²) in [5, 5.41) is 0. The Hall–Kier alpha value is -0.370. The fraction of sp³-hybridized carbons (Fsp3) is 0.667. The summed E-state index contributed by atoms with van der Waals surface area (Å²) in [5.41, 5.74) is 5.48. The molecule has 0 spiro atoms. The lowest BCUT2D eigenvalue weighted by Crippen LogP contribution is -2.44. The predicted molar refractivity (Wildman–Crippen MR) is 76.1 cm³/mol. The van der Waals surface area contributed by atoms with Crippen molar-refractivity contribution in [2.45, 2.75) is 44.2 Å². The van der Waals surface area contributed by atoms with Gasteiger partial charge in [-0.1, -0.05) is 6.92 Å². The maximum Gasteiger partial charge on any atom is 0.247 e. The largest absolute Gasteiger partial charge is 0.452 e. The summed E-state index contributed by atoms with van der Waals surface area (Å²) >= 11 is 3.17. The highest BCUT2D eigenvalue weighted by Gasteiger charge is 2.36. The molecule has 2 N–H and O–H groups in total. The van der Waals surface area contributed by atoms with Gasteiger partial charge in [0.05, 0.1) is 6.54 Å². The molecule has 1 fully saturated rings. The van der Waals surface area contributed by atoms with Crippen molar-refractivity contribution in [2.24, 2.45) is 11.7 Å². The van der Waals surface area contributed by atoms with Crippen molar-refractivity contribution in [3.63, 3.8) is 0 Å². The average molecular weight is 351 g/mol. The minimum absolute atomic E-state index is 0.0179. The van der Waals surface area contributed by atoms with Crippen LogP contribution >= 0.6 is 15.9 Å². The fourth-order valence-corrected chi connectivity index (χ4v) is 5.13. The molecule has 0 amide bonds. The molecule has 0 saturated carbocycles. The molecule has 2 unspecified atom stereocenters. The van der Waals surface area contributed by atoms with E-state index < -0.39 is 10.0 Å². The van der Waals surface area contributed by atoms with Crippen LogP contribution in [0.3, 0.4) is 0 Å². The number of nitrogens with zero attached hydrogens (tertiary/aromatic N) is 1. The third-order valence-corrected chi connectivity index (χ3v) is 6.39. The zero-order valence-electron chi connectivity index (χ0n) is 11.1. The van der Waals surface area contributed by atoms with Crippen molar-refractivity contribution >= 4 is 26.0 Å². The molecule has 108 valence electrons. The number of nitrogens with two attached hydrogens (primary N) is 1. The molecule has 2 rings (SSSR count). The fourth-order valence-electron chi connectivity index (χ4n) is 2.38. The minimum Gasteiger partial charge on any atom is -0.452 e. The number of furan rings is 1. The summed E-state index contributed by atoms with van der Waals surface area (Å²) in [6.45, 7) is 4.75. The third-order valence-electron chi connectivity index (χ3n) is 3.55. The van der Waals surface area contributed by atoms with Gasteiger partial charge in [-0.25, -0.2) is 8.42 Å². The van der Waals surface area contributed by atoms with Crippen LogP contribution in [0.25, 0.3) is 0 Å². The standard InChI is InChI=1S/C12H19BrN2O3S/c1-8-3-4-9(2)15(7-8)19(16,17)11-5-10(6-14)18-12(11)13/h5,8-9H,3-4,6-7,14H2,1-2H3. The molecule has 0 bridgehead atoms. The van der Waals surface area contributed by atoms with Crippen molar-refractivity contribution in [1.29, 1.82) is 0 Å². The number of hydrogen-bond donors (Lipinski definition) is 1. The zero-order chi connectivity index (χ0) is 14.2. The van der Waals surface area contributed by atoms with Gasteiger partial charge in [-0.3, -0.25) is 0 Å². The first-order chi connectivity index (χ1) is 8.86. The van der Waals surface area contributed by atoms with Crippen LogP contribution in [0.2, 0.25) is 0 Å². The molecule has 0 aromatic carbocycles. The molecular weight excluding hydrogens is 332 g/mol. The van der Waals surface area contributed by atoms with Crippen LogP contribution in [-0.4, -0.2) is 25.3 Å². The lowest BCUT2D eigenvalue weighted by atomic mass is 9.97. The van der Waals surface area contributed by atoms with Gasteiger partial charge in [0.1, 0.15) is 10.7 Å². The molecule has 1 saturated heterocycles. The van der Waals surface area contributed by atoms with E-state index in [1.807, 2.05) is 6.92 Å². The van der Waals surface area contributed by atoms with Crippen LogP contribution in [0.5, 0.6) is 0 Å². The molecule has 7 heteroatoms. The Kier molecular flexibility index (Phi) is 4.39. The van der Waals surface area contributed by atoms with Gasteiger partial charge in [-0.15, -0.1) is 0 Å². The van der Waals surface area contributed by atoms with E-state index in [-0.39, 0.29) is 22.2 Å². The maximum absolute atomic E-state index is 12.7. The van der Waals surface area contributed by atoms with Gasteiger partial charge in [0.2, 0.25) is 10.0 Å². The van der Waals surface area contributed by atoms with Crippen molar-refractivity contribution in [1.82, 2.24) is 4.31 Å². The normalized spacial score (nSPS) is 25.7. The van der Waals surface area contributed by atoms with Crippen LogP contribution in [0.4, 0.5) is 0 Å². The second kappa shape index (κ2) is 5.55. The molecule has 1 aliphatic rings. The van der Waals surface area contributed by atoms with Crippen LogP contribution in [0.15, 0.2) is 20.0 Å². The zero-order valence-corrected chi connectivity index (χ0v) is 13.5. The summed E-state index contributed by atoms with van der Waals surface area (Å²) in [5.74, 6) is 0.841. The highest BCUT2D eigenvalue weighted by atomic mass is 79.9. The van der Waals surface area contributed by atoms with Crippen molar-refractivity contribution in [2.75, 3.05) is 6.54 Å². The number of hydrogen-bond acceptors (Lipinski definition) is 4. The van der Waals surface area contributed by atoms with Crippen LogP contribution in [-0.2, 0) is 16.6 Å². The Balaban J connectivity index is 2.37. The Bertz CT molecular complexity index is 555. The molecule has 19 heavy (non-hydrogen) atoms. The predicted octanol–water partition coefficient (Wildman–Crippen LogP) is 2.31. The average Bonchev–Trinajstić information content (AvgIpc) is 2.74. The van der Waals surface area contributed by atoms with E-state index in [0.717, 1.165) is 12.8 Å². The topological polar surface area (TPSA) is 76.5 Å². The molecule has 2 atom stereocenters. The first-order valence-corrected chi connectivity index (χ1v) is 8.59.